The summed E-state index contributed by atoms with van der Waals surface area (Å²) in [5, 5.41) is 13.8. The number of likely N-dealkylation sites (N-methyl/N-ethyl adjacent to an activating group) is 1. The number of carboxylic acid groups (broad SMARTS) is 1. The fourth-order valence-electron chi connectivity index (χ4n) is 3.57. The first-order valence-corrected chi connectivity index (χ1v) is 8.31. The molecule has 1 aromatic heterocycles. The summed E-state index contributed by atoms with van der Waals surface area (Å²) in [6.45, 7) is 1.69. The van der Waals surface area contributed by atoms with Gasteiger partial charge in [0.2, 0.25) is 0 Å². The molecule has 22 heavy (non-hydrogen) atoms. The molecule has 1 aromatic rings. The van der Waals surface area contributed by atoms with Crippen LogP contribution in [0.15, 0.2) is 6.20 Å². The van der Waals surface area contributed by atoms with Crippen LogP contribution in [-0.4, -0.2) is 51.5 Å². The lowest BCUT2D eigenvalue weighted by Gasteiger charge is -2.32. The molecule has 1 unspecified atom stereocenters. The summed E-state index contributed by atoms with van der Waals surface area (Å²) >= 11 is 0. The second-order valence-electron chi connectivity index (χ2n) is 6.50. The van der Waals surface area contributed by atoms with Gasteiger partial charge in [0.1, 0.15) is 0 Å². The normalized spacial score (nSPS) is 23.8. The van der Waals surface area contributed by atoms with Gasteiger partial charge in [-0.2, -0.15) is 5.10 Å². The van der Waals surface area contributed by atoms with Crippen molar-refractivity contribution < 1.29 is 14.6 Å². The van der Waals surface area contributed by atoms with E-state index in [2.05, 4.69) is 17.0 Å². The highest BCUT2D eigenvalue weighted by atomic mass is 16.5. The molecule has 6 nitrogen and oxygen atoms in total. The van der Waals surface area contributed by atoms with Crippen molar-refractivity contribution >= 4 is 5.97 Å². The number of carbonyl (C=O) groups is 1. The number of hydrogen-bond donors (Lipinski definition) is 1. The molecule has 1 saturated carbocycles. The maximum Gasteiger partial charge on any atom is 0.358 e. The van der Waals surface area contributed by atoms with E-state index < -0.39 is 5.97 Å². The average Bonchev–Trinajstić information content (AvgIpc) is 3.12. The molecule has 0 bridgehead atoms. The van der Waals surface area contributed by atoms with Crippen molar-refractivity contribution in [3.8, 4) is 5.75 Å². The molecule has 1 aliphatic carbocycles. The Bertz CT molecular complexity index is 523. The van der Waals surface area contributed by atoms with Gasteiger partial charge in [-0.15, -0.1) is 0 Å². The van der Waals surface area contributed by atoms with Crippen LogP contribution in [0.25, 0.3) is 0 Å². The van der Waals surface area contributed by atoms with Crippen LogP contribution >= 0.6 is 0 Å². The van der Waals surface area contributed by atoms with Gasteiger partial charge < -0.3 is 14.7 Å². The zero-order valence-corrected chi connectivity index (χ0v) is 13.2. The molecular weight excluding hydrogens is 282 g/mol. The Morgan fingerprint density at radius 3 is 2.73 bits per heavy atom. The van der Waals surface area contributed by atoms with E-state index >= 15 is 0 Å². The number of nitrogens with zero attached hydrogens (tertiary/aromatic N) is 3. The predicted octanol–water partition coefficient (Wildman–Crippen LogP) is 2.39. The van der Waals surface area contributed by atoms with Gasteiger partial charge in [-0.1, -0.05) is 6.42 Å². The fourth-order valence-corrected chi connectivity index (χ4v) is 3.57. The van der Waals surface area contributed by atoms with Gasteiger partial charge in [0.25, 0.3) is 0 Å². The maximum atomic E-state index is 11.6. The van der Waals surface area contributed by atoms with E-state index in [9.17, 15) is 9.90 Å². The van der Waals surface area contributed by atoms with Gasteiger partial charge >= 0.3 is 5.97 Å². The number of piperidine rings is 1. The van der Waals surface area contributed by atoms with E-state index in [4.69, 9.17) is 4.74 Å². The minimum Gasteiger partial charge on any atom is -0.486 e. The number of rotatable bonds is 5. The molecule has 3 rings (SSSR count). The molecule has 0 amide bonds. The van der Waals surface area contributed by atoms with E-state index in [0.717, 1.165) is 38.6 Å². The standard InChI is InChI=1S/C16H25N3O3/c1-18-9-5-4-6-12(18)11-19-15(16(20)21)14(10-17-19)22-13-7-2-3-8-13/h10,12-13H,2-9,11H2,1H3,(H,20,21). The smallest absolute Gasteiger partial charge is 0.358 e. The van der Waals surface area contributed by atoms with Gasteiger partial charge in [0.05, 0.1) is 18.8 Å². The highest BCUT2D eigenvalue weighted by molar-refractivity contribution is 5.88. The molecule has 6 heteroatoms. The third-order valence-electron chi connectivity index (χ3n) is 4.91. The van der Waals surface area contributed by atoms with Gasteiger partial charge in [-0.25, -0.2) is 4.79 Å². The Kier molecular flexibility index (Phi) is 4.66. The highest BCUT2D eigenvalue weighted by Gasteiger charge is 2.27. The molecule has 2 heterocycles. The fraction of sp³-hybridized carbons (Fsp3) is 0.750. The Morgan fingerprint density at radius 1 is 1.32 bits per heavy atom. The van der Waals surface area contributed by atoms with Crippen LogP contribution in [0.5, 0.6) is 5.75 Å². The maximum absolute atomic E-state index is 11.6. The summed E-state index contributed by atoms with van der Waals surface area (Å²) in [6.07, 6.45) is 9.57. The highest BCUT2D eigenvalue weighted by Crippen LogP contribution is 2.27. The van der Waals surface area contributed by atoms with Crippen LogP contribution in [0.2, 0.25) is 0 Å². The molecule has 1 atom stereocenters. The second-order valence-corrected chi connectivity index (χ2v) is 6.50. The summed E-state index contributed by atoms with van der Waals surface area (Å²) < 4.78 is 7.50. The molecule has 1 saturated heterocycles. The van der Waals surface area contributed by atoms with E-state index in [1.165, 1.54) is 12.8 Å². The summed E-state index contributed by atoms with van der Waals surface area (Å²) in [4.78, 5) is 13.9. The van der Waals surface area contributed by atoms with Crippen molar-refractivity contribution in [2.24, 2.45) is 0 Å². The van der Waals surface area contributed by atoms with E-state index in [1.807, 2.05) is 0 Å². The number of aromatic nitrogens is 2. The lowest BCUT2D eigenvalue weighted by molar-refractivity contribution is 0.0669. The second kappa shape index (κ2) is 6.69. The number of aromatic carboxylic acids is 1. The molecular formula is C16H25N3O3. The summed E-state index contributed by atoms with van der Waals surface area (Å²) in [6, 6.07) is 0.353. The van der Waals surface area contributed by atoms with Crippen LogP contribution < -0.4 is 4.74 Å². The molecule has 0 spiro atoms. The van der Waals surface area contributed by atoms with Crippen LogP contribution in [-0.2, 0) is 6.54 Å². The Labute approximate surface area is 131 Å². The summed E-state index contributed by atoms with van der Waals surface area (Å²) in [5.74, 6) is -0.526. The number of likely N-dealkylation sites (tertiary alicyclic amines) is 1. The van der Waals surface area contributed by atoms with E-state index in [-0.39, 0.29) is 11.8 Å². The van der Waals surface area contributed by atoms with Crippen molar-refractivity contribution in [2.75, 3.05) is 13.6 Å². The Morgan fingerprint density at radius 2 is 2.05 bits per heavy atom. The molecule has 2 aliphatic rings. The number of carboxylic acids is 1. The largest absolute Gasteiger partial charge is 0.486 e. The van der Waals surface area contributed by atoms with Crippen LogP contribution in [0.1, 0.15) is 55.4 Å². The van der Waals surface area contributed by atoms with Crippen molar-refractivity contribution in [1.29, 1.82) is 0 Å². The third-order valence-corrected chi connectivity index (χ3v) is 4.91. The number of hydrogen-bond acceptors (Lipinski definition) is 4. The molecule has 0 radical (unpaired) electrons. The van der Waals surface area contributed by atoms with E-state index in [1.54, 1.807) is 10.9 Å². The predicted molar refractivity (Wildman–Crippen MR) is 82.3 cm³/mol. The number of ether oxygens (including phenoxy) is 1. The first-order valence-electron chi connectivity index (χ1n) is 8.31. The Hall–Kier alpha value is -1.56. The third kappa shape index (κ3) is 3.27. The van der Waals surface area contributed by atoms with Gasteiger partial charge in [0, 0.05) is 6.04 Å². The first kappa shape index (κ1) is 15.3. The molecule has 1 N–H and O–H groups in total. The molecule has 2 fully saturated rings. The lowest BCUT2D eigenvalue weighted by atomic mass is 10.0. The minimum atomic E-state index is -0.955. The van der Waals surface area contributed by atoms with Crippen molar-refractivity contribution in [3.05, 3.63) is 11.9 Å². The first-order chi connectivity index (χ1) is 10.6. The SMILES string of the molecule is CN1CCCCC1Cn1ncc(OC2CCCC2)c1C(=O)O. The van der Waals surface area contributed by atoms with Crippen LogP contribution in [0.4, 0.5) is 0 Å². The lowest BCUT2D eigenvalue weighted by Crippen LogP contribution is -2.39. The summed E-state index contributed by atoms with van der Waals surface area (Å²) in [5.41, 5.74) is 0.200. The molecule has 122 valence electrons. The average molecular weight is 307 g/mol. The van der Waals surface area contributed by atoms with Crippen molar-refractivity contribution in [3.63, 3.8) is 0 Å². The van der Waals surface area contributed by atoms with Crippen molar-refractivity contribution in [2.45, 2.75) is 63.6 Å². The zero-order chi connectivity index (χ0) is 15.5. The van der Waals surface area contributed by atoms with Crippen LogP contribution in [0, 0.1) is 0 Å². The molecule has 1 aliphatic heterocycles. The van der Waals surface area contributed by atoms with Gasteiger partial charge in [0.15, 0.2) is 11.4 Å². The summed E-state index contributed by atoms with van der Waals surface area (Å²) in [7, 11) is 2.10. The van der Waals surface area contributed by atoms with Crippen LogP contribution in [0.3, 0.4) is 0 Å². The topological polar surface area (TPSA) is 67.6 Å². The quantitative estimate of drug-likeness (QED) is 0.904. The molecule has 0 aromatic carbocycles. The minimum absolute atomic E-state index is 0.146. The Balaban J connectivity index is 1.75. The zero-order valence-electron chi connectivity index (χ0n) is 13.2. The van der Waals surface area contributed by atoms with Gasteiger partial charge in [-0.3, -0.25) is 4.68 Å². The van der Waals surface area contributed by atoms with Gasteiger partial charge in [-0.05, 0) is 52.1 Å². The van der Waals surface area contributed by atoms with E-state index in [0.29, 0.717) is 18.3 Å². The monoisotopic (exact) mass is 307 g/mol. The van der Waals surface area contributed by atoms with Crippen molar-refractivity contribution in [1.82, 2.24) is 14.7 Å².